The summed E-state index contributed by atoms with van der Waals surface area (Å²) < 4.78 is 5.33. The van der Waals surface area contributed by atoms with Crippen molar-refractivity contribution in [3.05, 3.63) is 29.3 Å². The van der Waals surface area contributed by atoms with Gasteiger partial charge in [-0.05, 0) is 36.8 Å². The van der Waals surface area contributed by atoms with E-state index in [1.807, 2.05) is 32.9 Å². The van der Waals surface area contributed by atoms with E-state index in [-0.39, 0.29) is 11.8 Å². The van der Waals surface area contributed by atoms with Gasteiger partial charge in [-0.3, -0.25) is 4.79 Å². The molecular formula is C15H22O3. The number of carbonyl (C=O) groups is 1. The van der Waals surface area contributed by atoms with Crippen LogP contribution in [0.25, 0.3) is 0 Å². The van der Waals surface area contributed by atoms with Gasteiger partial charge in [-0.15, -0.1) is 0 Å². The van der Waals surface area contributed by atoms with Gasteiger partial charge in [0.05, 0.1) is 13.5 Å². The predicted molar refractivity (Wildman–Crippen MR) is 72.1 cm³/mol. The minimum absolute atomic E-state index is 0.194. The van der Waals surface area contributed by atoms with Crippen molar-refractivity contribution in [2.45, 2.75) is 40.0 Å². The summed E-state index contributed by atoms with van der Waals surface area (Å²) in [6.45, 7) is 6.03. The highest BCUT2D eigenvalue weighted by Crippen LogP contribution is 2.30. The van der Waals surface area contributed by atoms with Crippen molar-refractivity contribution in [2.75, 3.05) is 7.11 Å². The molecule has 0 aromatic heterocycles. The van der Waals surface area contributed by atoms with Crippen LogP contribution in [0.4, 0.5) is 0 Å². The molecule has 0 atom stereocenters. The zero-order valence-corrected chi connectivity index (χ0v) is 11.6. The maximum Gasteiger partial charge on any atom is 0.303 e. The van der Waals surface area contributed by atoms with Crippen molar-refractivity contribution in [2.24, 2.45) is 5.41 Å². The van der Waals surface area contributed by atoms with Gasteiger partial charge in [0.2, 0.25) is 0 Å². The lowest BCUT2D eigenvalue weighted by Crippen LogP contribution is -2.17. The van der Waals surface area contributed by atoms with Crippen LogP contribution >= 0.6 is 0 Å². The van der Waals surface area contributed by atoms with Gasteiger partial charge in [-0.2, -0.15) is 0 Å². The Hall–Kier alpha value is -1.51. The summed E-state index contributed by atoms with van der Waals surface area (Å²) >= 11 is 0. The smallest absolute Gasteiger partial charge is 0.303 e. The zero-order valence-electron chi connectivity index (χ0n) is 11.6. The molecule has 0 saturated carbocycles. The molecule has 0 fully saturated rings. The molecule has 0 unspecified atom stereocenters. The highest BCUT2D eigenvalue weighted by atomic mass is 16.5. The van der Waals surface area contributed by atoms with Crippen LogP contribution in [0, 0.1) is 12.3 Å². The van der Waals surface area contributed by atoms with Crippen LogP contribution in [0.5, 0.6) is 5.75 Å². The van der Waals surface area contributed by atoms with Gasteiger partial charge in [-0.25, -0.2) is 0 Å². The van der Waals surface area contributed by atoms with Crippen LogP contribution in [0.1, 0.15) is 37.8 Å². The van der Waals surface area contributed by atoms with Crippen molar-refractivity contribution in [3.8, 4) is 5.75 Å². The van der Waals surface area contributed by atoms with Gasteiger partial charge in [0.1, 0.15) is 5.75 Å². The quantitative estimate of drug-likeness (QED) is 0.841. The largest absolute Gasteiger partial charge is 0.496 e. The van der Waals surface area contributed by atoms with E-state index in [0.29, 0.717) is 0 Å². The molecule has 3 nitrogen and oxygen atoms in total. The van der Waals surface area contributed by atoms with Gasteiger partial charge >= 0.3 is 5.97 Å². The number of carboxylic acid groups (broad SMARTS) is 1. The molecule has 0 radical (unpaired) electrons. The number of hydrogen-bond donors (Lipinski definition) is 1. The molecule has 0 aliphatic carbocycles. The molecule has 0 heterocycles. The number of benzene rings is 1. The van der Waals surface area contributed by atoms with Crippen LogP contribution in [-0.4, -0.2) is 18.2 Å². The third-order valence-electron chi connectivity index (χ3n) is 3.14. The van der Waals surface area contributed by atoms with Crippen LogP contribution in [-0.2, 0) is 11.2 Å². The molecule has 1 aromatic rings. The van der Waals surface area contributed by atoms with Gasteiger partial charge in [0.15, 0.2) is 0 Å². The Kier molecular flexibility index (Phi) is 4.76. The van der Waals surface area contributed by atoms with E-state index < -0.39 is 5.97 Å². The Morgan fingerprint density at radius 2 is 2.06 bits per heavy atom. The number of methoxy groups -OCH3 is 1. The number of aliphatic carboxylic acids is 1. The molecule has 3 heteroatoms. The number of aryl methyl sites for hydroxylation is 2. The van der Waals surface area contributed by atoms with E-state index >= 15 is 0 Å². The number of hydrogen-bond acceptors (Lipinski definition) is 2. The average molecular weight is 250 g/mol. The fourth-order valence-corrected chi connectivity index (χ4v) is 2.07. The first kappa shape index (κ1) is 14.6. The van der Waals surface area contributed by atoms with Gasteiger partial charge in [0, 0.05) is 0 Å². The molecule has 0 spiro atoms. The van der Waals surface area contributed by atoms with Crippen LogP contribution in [0.3, 0.4) is 0 Å². The van der Waals surface area contributed by atoms with Crippen molar-refractivity contribution >= 4 is 5.97 Å². The fourth-order valence-electron chi connectivity index (χ4n) is 2.07. The average Bonchev–Trinajstić information content (AvgIpc) is 2.25. The predicted octanol–water partition coefficient (Wildman–Crippen LogP) is 3.44. The maximum absolute atomic E-state index is 10.8. The Bertz CT molecular complexity index is 422. The molecular weight excluding hydrogens is 228 g/mol. The Morgan fingerprint density at radius 1 is 1.39 bits per heavy atom. The first-order valence-electron chi connectivity index (χ1n) is 6.19. The molecule has 1 rings (SSSR count). The molecule has 0 saturated heterocycles. The number of ether oxygens (including phenoxy) is 1. The van der Waals surface area contributed by atoms with Gasteiger partial charge < -0.3 is 9.84 Å². The van der Waals surface area contributed by atoms with E-state index in [2.05, 4.69) is 6.07 Å². The lowest BCUT2D eigenvalue weighted by atomic mass is 9.83. The second-order valence-corrected chi connectivity index (χ2v) is 5.55. The van der Waals surface area contributed by atoms with Crippen molar-refractivity contribution in [1.29, 1.82) is 0 Å². The lowest BCUT2D eigenvalue weighted by Gasteiger charge is -2.22. The fraction of sp³-hybridized carbons (Fsp3) is 0.533. The number of carboxylic acids is 1. The normalized spacial score (nSPS) is 11.3. The summed E-state index contributed by atoms with van der Waals surface area (Å²) in [7, 11) is 1.66. The van der Waals surface area contributed by atoms with Gasteiger partial charge in [-0.1, -0.05) is 31.5 Å². The minimum atomic E-state index is -0.740. The van der Waals surface area contributed by atoms with Crippen molar-refractivity contribution < 1.29 is 14.6 Å². The van der Waals surface area contributed by atoms with E-state index in [1.54, 1.807) is 7.11 Å². The molecule has 18 heavy (non-hydrogen) atoms. The van der Waals surface area contributed by atoms with Crippen LogP contribution < -0.4 is 4.74 Å². The molecule has 0 bridgehead atoms. The summed E-state index contributed by atoms with van der Waals surface area (Å²) in [5, 5.41) is 8.87. The van der Waals surface area contributed by atoms with E-state index in [1.165, 1.54) is 5.56 Å². The molecule has 1 aromatic carbocycles. The standard InChI is InChI=1S/C15H22O3/c1-11-5-6-13(18-4)12(9-11)7-8-15(2,3)10-14(16)17/h5-6,9H,7-8,10H2,1-4H3,(H,16,17). The van der Waals surface area contributed by atoms with E-state index in [9.17, 15) is 4.79 Å². The Balaban J connectivity index is 2.73. The Morgan fingerprint density at radius 3 is 2.61 bits per heavy atom. The summed E-state index contributed by atoms with van der Waals surface area (Å²) in [4.78, 5) is 10.8. The monoisotopic (exact) mass is 250 g/mol. The first-order valence-corrected chi connectivity index (χ1v) is 6.19. The van der Waals surface area contributed by atoms with E-state index in [0.717, 1.165) is 24.2 Å². The highest BCUT2D eigenvalue weighted by molar-refractivity contribution is 5.67. The molecule has 0 aliphatic heterocycles. The van der Waals surface area contributed by atoms with Crippen LogP contribution in [0.15, 0.2) is 18.2 Å². The topological polar surface area (TPSA) is 46.5 Å². The van der Waals surface area contributed by atoms with Gasteiger partial charge in [0.25, 0.3) is 0 Å². The van der Waals surface area contributed by atoms with Crippen LogP contribution in [0.2, 0.25) is 0 Å². The second-order valence-electron chi connectivity index (χ2n) is 5.55. The summed E-state index contributed by atoms with van der Waals surface area (Å²) in [5.41, 5.74) is 2.15. The number of rotatable bonds is 6. The van der Waals surface area contributed by atoms with Crippen molar-refractivity contribution in [1.82, 2.24) is 0 Å². The van der Waals surface area contributed by atoms with Crippen molar-refractivity contribution in [3.63, 3.8) is 0 Å². The second kappa shape index (κ2) is 5.89. The minimum Gasteiger partial charge on any atom is -0.496 e. The third kappa shape index (κ3) is 4.40. The molecule has 0 amide bonds. The third-order valence-corrected chi connectivity index (χ3v) is 3.14. The lowest BCUT2D eigenvalue weighted by molar-refractivity contribution is -0.139. The SMILES string of the molecule is COc1ccc(C)cc1CCC(C)(C)CC(=O)O. The first-order chi connectivity index (χ1) is 8.34. The summed E-state index contributed by atoms with van der Waals surface area (Å²) in [6, 6.07) is 6.09. The Labute approximate surface area is 109 Å². The van der Waals surface area contributed by atoms with E-state index in [4.69, 9.17) is 9.84 Å². The highest BCUT2D eigenvalue weighted by Gasteiger charge is 2.22. The zero-order chi connectivity index (χ0) is 13.8. The summed E-state index contributed by atoms with van der Waals surface area (Å²) in [6.07, 6.45) is 1.87. The summed E-state index contributed by atoms with van der Waals surface area (Å²) in [5.74, 6) is 0.142. The molecule has 0 aliphatic rings. The maximum atomic E-state index is 10.8. The molecule has 100 valence electrons. The molecule has 1 N–H and O–H groups in total.